The zero-order chi connectivity index (χ0) is 56.2. The van der Waals surface area contributed by atoms with Crippen molar-refractivity contribution in [3.63, 3.8) is 0 Å². The first kappa shape index (κ1) is 57.0. The van der Waals surface area contributed by atoms with Gasteiger partial charge in [-0.3, -0.25) is 14.9 Å². The Bertz CT molecular complexity index is 3030. The molecule has 7 heterocycles. The van der Waals surface area contributed by atoms with E-state index in [1.54, 1.807) is 32.8 Å². The summed E-state index contributed by atoms with van der Waals surface area (Å²) in [5.41, 5.74) is 4.95. The molecule has 0 radical (unpaired) electrons. The Balaban J connectivity index is 0.000000147. The second-order valence-electron chi connectivity index (χ2n) is 22.6. The number of urea groups is 2. The summed E-state index contributed by atoms with van der Waals surface area (Å²) in [5, 5.41) is 10.9. The third kappa shape index (κ3) is 12.8. The molecule has 79 heavy (non-hydrogen) atoms. The molecule has 5 aliphatic rings. The number of carbonyl (C=O) groups is 3. The Morgan fingerprint density at radius 3 is 1.61 bits per heavy atom. The lowest BCUT2D eigenvalue weighted by Crippen LogP contribution is -2.50. The fourth-order valence-electron chi connectivity index (χ4n) is 10.4. The van der Waals surface area contributed by atoms with E-state index in [9.17, 15) is 14.4 Å². The molecule has 0 unspecified atom stereocenters. The lowest BCUT2D eigenvalue weighted by Gasteiger charge is -2.40. The molecule has 4 aromatic carbocycles. The Morgan fingerprint density at radius 1 is 0.684 bits per heavy atom. The minimum Gasteiger partial charge on any atom is -0.497 e. The van der Waals surface area contributed by atoms with Gasteiger partial charge in [0.1, 0.15) is 17.1 Å². The van der Waals surface area contributed by atoms with Crippen LogP contribution in [-0.4, -0.2) is 137 Å². The molecule has 0 aliphatic carbocycles. The van der Waals surface area contributed by atoms with Crippen molar-refractivity contribution < 1.29 is 47.4 Å². The number of methoxy groups -OCH3 is 2. The molecule has 5 aliphatic heterocycles. The number of aromatic nitrogens is 4. The van der Waals surface area contributed by atoms with Gasteiger partial charge in [0, 0.05) is 85.0 Å². The Kier molecular flexibility index (Phi) is 17.0. The number of amides is 4. The lowest BCUT2D eigenvalue weighted by molar-refractivity contribution is 0.00578. The van der Waals surface area contributed by atoms with E-state index in [4.69, 9.17) is 33.0 Å². The highest BCUT2D eigenvalue weighted by atomic mass is 79.9. The van der Waals surface area contributed by atoms with E-state index in [1.807, 2.05) is 171 Å². The van der Waals surface area contributed by atoms with Crippen LogP contribution in [0.25, 0.3) is 11.1 Å². The van der Waals surface area contributed by atoms with Gasteiger partial charge in [-0.2, -0.15) is 14.9 Å². The second kappa shape index (κ2) is 23.6. The van der Waals surface area contributed by atoms with Gasteiger partial charge in [0.05, 0.1) is 55.8 Å². The van der Waals surface area contributed by atoms with Crippen LogP contribution in [0, 0.1) is 0 Å². The molecular formula is C59H72BBrN8O10. The standard InChI is InChI=1S/C24H26N4O3.C21H23BrN2O3.C14H23BN2O4/c1-30-22-4-2-3-18(13-22)16-28-23(29)27(17-24(28)9-11-31-12-10-24)21-7-5-19(6-8-21)20-14-25-26-15-20;1-26-19-4-2-3-16(13-19)14-24-20(25)23(18-7-5-17(22)6-8-18)15-21(24)9-11-27-12-10-21;1-12(2,3)19-11(18)17-9-10(8-16-17)15-20-13(4,5)14(6,7)21-15/h2-8,13-15H,9-12,16-17H2,1H3,(H,25,26);2-8,13H,9-12,14-15H2,1H3;8-9H,1-7H3. The molecule has 4 amide bonds. The van der Waals surface area contributed by atoms with Gasteiger partial charge in [0.25, 0.3) is 0 Å². The van der Waals surface area contributed by atoms with Crippen LogP contribution >= 0.6 is 15.9 Å². The van der Waals surface area contributed by atoms with E-state index in [1.165, 1.54) is 0 Å². The first-order valence-corrected chi connectivity index (χ1v) is 27.6. The maximum atomic E-state index is 13.6. The van der Waals surface area contributed by atoms with Gasteiger partial charge in [-0.05, 0) is 152 Å². The van der Waals surface area contributed by atoms with Gasteiger partial charge in [-0.1, -0.05) is 52.3 Å². The third-order valence-corrected chi connectivity index (χ3v) is 16.2. The lowest BCUT2D eigenvalue weighted by atomic mass is 9.82. The Morgan fingerprint density at radius 2 is 1.16 bits per heavy atom. The number of ether oxygens (including phenoxy) is 5. The number of nitrogens with zero attached hydrogens (tertiary/aromatic N) is 7. The SMILES string of the molecule is CC(C)(C)OC(=O)n1cc(B2OC(C)(C)C(C)(C)O2)cn1.COc1cccc(CN2C(=O)N(c3ccc(-c4cn[nH]c4)cc3)CC23CCOCC3)c1.COc1cccc(CN2C(=O)N(c3ccc(Br)cc3)CC23CCOCC3)c1. The van der Waals surface area contributed by atoms with Crippen LogP contribution in [0.15, 0.2) is 126 Å². The van der Waals surface area contributed by atoms with Crippen molar-refractivity contribution in [2.24, 2.45) is 0 Å². The molecule has 5 saturated heterocycles. The van der Waals surface area contributed by atoms with Gasteiger partial charge < -0.3 is 42.8 Å². The van der Waals surface area contributed by atoms with Crippen molar-refractivity contribution in [3.05, 3.63) is 137 Å². The Hall–Kier alpha value is -6.71. The number of anilines is 2. The van der Waals surface area contributed by atoms with Crippen molar-refractivity contribution in [1.29, 1.82) is 0 Å². The number of carbonyl (C=O) groups excluding carboxylic acids is 3. The minimum atomic E-state index is -0.562. The highest BCUT2D eigenvalue weighted by molar-refractivity contribution is 9.10. The van der Waals surface area contributed by atoms with E-state index in [0.29, 0.717) is 58.1 Å². The number of rotatable bonds is 10. The second-order valence-corrected chi connectivity index (χ2v) is 23.5. The van der Waals surface area contributed by atoms with Crippen molar-refractivity contribution >= 4 is 58.0 Å². The summed E-state index contributed by atoms with van der Waals surface area (Å²) >= 11 is 3.47. The zero-order valence-electron chi connectivity index (χ0n) is 46.7. The molecule has 1 N–H and O–H groups in total. The van der Waals surface area contributed by atoms with Crippen LogP contribution in [0.1, 0.15) is 85.3 Å². The highest BCUT2D eigenvalue weighted by Crippen LogP contribution is 2.42. The first-order valence-electron chi connectivity index (χ1n) is 26.8. The van der Waals surface area contributed by atoms with Crippen molar-refractivity contribution in [2.45, 2.75) is 115 Å². The van der Waals surface area contributed by atoms with Gasteiger partial charge >= 0.3 is 25.3 Å². The number of hydrogen-bond donors (Lipinski definition) is 1. The largest absolute Gasteiger partial charge is 0.498 e. The molecule has 0 saturated carbocycles. The average Bonchev–Trinajstić information content (AvgIpc) is 4.44. The summed E-state index contributed by atoms with van der Waals surface area (Å²) in [6.07, 6.45) is 9.67. The zero-order valence-corrected chi connectivity index (χ0v) is 48.3. The summed E-state index contributed by atoms with van der Waals surface area (Å²) in [4.78, 5) is 46.8. The highest BCUT2D eigenvalue weighted by Gasteiger charge is 2.53. The monoisotopic (exact) mass is 1140 g/mol. The van der Waals surface area contributed by atoms with E-state index in [-0.39, 0.29) is 23.1 Å². The van der Waals surface area contributed by atoms with Crippen LogP contribution < -0.4 is 24.7 Å². The van der Waals surface area contributed by atoms with Crippen molar-refractivity contribution in [3.8, 4) is 22.6 Å². The molecule has 0 atom stereocenters. The average molecular weight is 1140 g/mol. The van der Waals surface area contributed by atoms with E-state index < -0.39 is 30.0 Å². The van der Waals surface area contributed by atoms with Crippen LogP contribution in [0.3, 0.4) is 0 Å². The van der Waals surface area contributed by atoms with Gasteiger partial charge in [-0.15, -0.1) is 0 Å². The van der Waals surface area contributed by atoms with Gasteiger partial charge in [0.15, 0.2) is 0 Å². The number of nitrogens with one attached hydrogen (secondary N) is 1. The van der Waals surface area contributed by atoms with E-state index >= 15 is 0 Å². The minimum absolute atomic E-state index is 0.0424. The fraction of sp³-hybridized carbons (Fsp3) is 0.441. The Labute approximate surface area is 471 Å². The number of hydrogen-bond acceptors (Lipinski definition) is 12. The van der Waals surface area contributed by atoms with Crippen LogP contribution in [0.2, 0.25) is 0 Å². The maximum Gasteiger partial charge on any atom is 0.498 e. The van der Waals surface area contributed by atoms with E-state index in [0.717, 1.165) is 80.0 Å². The van der Waals surface area contributed by atoms with Crippen molar-refractivity contribution in [2.75, 3.05) is 63.5 Å². The quantitative estimate of drug-likeness (QED) is 0.129. The third-order valence-electron chi connectivity index (χ3n) is 15.6. The molecular weight excluding hydrogens is 1070 g/mol. The van der Waals surface area contributed by atoms with Gasteiger partial charge in [0.2, 0.25) is 0 Å². The van der Waals surface area contributed by atoms with Crippen molar-refractivity contribution in [1.82, 2.24) is 29.8 Å². The summed E-state index contributed by atoms with van der Waals surface area (Å²) in [7, 11) is 2.79. The first-order chi connectivity index (χ1) is 37.7. The maximum absolute atomic E-state index is 13.6. The molecule has 2 aromatic heterocycles. The molecule has 18 nitrogen and oxygen atoms in total. The molecule has 11 rings (SSSR count). The molecule has 0 bridgehead atoms. The number of H-pyrrole nitrogens is 1. The normalized spacial score (nSPS) is 19.0. The summed E-state index contributed by atoms with van der Waals surface area (Å²) < 4.78 is 41.2. The summed E-state index contributed by atoms with van der Waals surface area (Å²) in [6.45, 7) is 18.6. The smallest absolute Gasteiger partial charge is 0.497 e. The van der Waals surface area contributed by atoms with E-state index in [2.05, 4.69) is 31.2 Å². The predicted octanol–water partition coefficient (Wildman–Crippen LogP) is 10.5. The van der Waals surface area contributed by atoms with Crippen LogP contribution in [0.4, 0.5) is 25.8 Å². The molecule has 5 fully saturated rings. The summed E-state index contributed by atoms with van der Waals surface area (Å²) in [6, 6.07) is 32.0. The molecule has 20 heteroatoms. The van der Waals surface area contributed by atoms with Crippen LogP contribution in [0.5, 0.6) is 11.5 Å². The number of halogens is 1. The fourth-order valence-corrected chi connectivity index (χ4v) is 10.7. The molecule has 2 spiro atoms. The molecule has 6 aromatic rings. The van der Waals surface area contributed by atoms with Crippen LogP contribution in [-0.2, 0) is 36.6 Å². The number of aromatic amines is 1. The predicted molar refractivity (Wildman–Crippen MR) is 306 cm³/mol. The number of benzene rings is 4. The topological polar surface area (TPSA) is 175 Å². The van der Waals surface area contributed by atoms with Gasteiger partial charge in [-0.25, -0.2) is 14.4 Å². The molecule has 418 valence electrons. The summed E-state index contributed by atoms with van der Waals surface area (Å²) in [5.74, 6) is 1.61.